The summed E-state index contributed by atoms with van der Waals surface area (Å²) in [4.78, 5) is 0. The van der Waals surface area contributed by atoms with Crippen molar-refractivity contribution in [2.75, 3.05) is 13.1 Å². The smallest absolute Gasteiger partial charge is 0.000813 e. The molecule has 0 amide bonds. The molecule has 0 fully saturated rings. The summed E-state index contributed by atoms with van der Waals surface area (Å²) in [6.45, 7) is 4.39. The fraction of sp³-hybridized carbons (Fsp3) is 0.333. The maximum absolute atomic E-state index is 3.45. The number of benzene rings is 2. The molecule has 2 aromatic carbocycles. The lowest BCUT2D eigenvalue weighted by atomic mass is 10.0. The van der Waals surface area contributed by atoms with Crippen molar-refractivity contribution in [3.05, 3.63) is 48.0 Å². The quantitative estimate of drug-likeness (QED) is 0.751. The first-order valence-corrected chi connectivity index (χ1v) is 6.09. The molecule has 0 aromatic heterocycles. The maximum atomic E-state index is 3.45. The molecule has 0 bridgehead atoms. The van der Waals surface area contributed by atoms with Gasteiger partial charge in [-0.25, -0.2) is 0 Å². The van der Waals surface area contributed by atoms with Gasteiger partial charge in [0.15, 0.2) is 0 Å². The Bertz CT molecular complexity index is 443. The molecule has 2 rings (SSSR count). The molecule has 0 spiro atoms. The summed E-state index contributed by atoms with van der Waals surface area (Å²) in [5.74, 6) is 0. The molecule has 0 unspecified atom stereocenters. The van der Waals surface area contributed by atoms with Crippen molar-refractivity contribution in [3.8, 4) is 0 Å². The Morgan fingerprint density at radius 2 is 1.75 bits per heavy atom. The third-order valence-electron chi connectivity index (χ3n) is 2.88. The van der Waals surface area contributed by atoms with Crippen LogP contribution in [-0.2, 0) is 6.42 Å². The molecule has 84 valence electrons. The zero-order valence-corrected chi connectivity index (χ0v) is 9.87. The molecule has 16 heavy (non-hydrogen) atoms. The summed E-state index contributed by atoms with van der Waals surface area (Å²) in [5, 5.41) is 6.18. The summed E-state index contributed by atoms with van der Waals surface area (Å²) in [6.07, 6.45) is 2.32. The van der Waals surface area contributed by atoms with Gasteiger partial charge in [-0.05, 0) is 42.3 Å². The van der Waals surface area contributed by atoms with Crippen molar-refractivity contribution in [3.63, 3.8) is 0 Å². The van der Waals surface area contributed by atoms with Crippen LogP contribution >= 0.6 is 0 Å². The van der Waals surface area contributed by atoms with Crippen LogP contribution in [0.4, 0.5) is 0 Å². The molecule has 0 aliphatic carbocycles. The van der Waals surface area contributed by atoms with E-state index < -0.39 is 0 Å². The van der Waals surface area contributed by atoms with E-state index in [1.807, 2.05) is 0 Å². The third kappa shape index (κ3) is 2.61. The second-order valence-corrected chi connectivity index (χ2v) is 4.14. The minimum Gasteiger partial charge on any atom is -0.316 e. The van der Waals surface area contributed by atoms with Gasteiger partial charge in [0.25, 0.3) is 0 Å². The van der Waals surface area contributed by atoms with Crippen LogP contribution in [0.2, 0.25) is 0 Å². The lowest BCUT2D eigenvalue weighted by Gasteiger charge is -2.07. The van der Waals surface area contributed by atoms with Crippen molar-refractivity contribution in [1.29, 1.82) is 0 Å². The van der Waals surface area contributed by atoms with Crippen molar-refractivity contribution >= 4 is 10.8 Å². The minimum absolute atomic E-state index is 1.07. The summed E-state index contributed by atoms with van der Waals surface area (Å²) in [7, 11) is 0. The number of hydrogen-bond donors (Lipinski definition) is 1. The van der Waals surface area contributed by atoms with E-state index in [2.05, 4.69) is 54.7 Å². The highest BCUT2D eigenvalue weighted by molar-refractivity contribution is 5.85. The number of rotatable bonds is 5. The lowest BCUT2D eigenvalue weighted by molar-refractivity contribution is 0.672. The Morgan fingerprint density at radius 3 is 2.62 bits per heavy atom. The molecular weight excluding hydrogens is 194 g/mol. The molecule has 0 aliphatic rings. The normalized spacial score (nSPS) is 10.8. The predicted molar refractivity (Wildman–Crippen MR) is 70.8 cm³/mol. The van der Waals surface area contributed by atoms with E-state index in [-0.39, 0.29) is 0 Å². The van der Waals surface area contributed by atoms with Crippen molar-refractivity contribution in [1.82, 2.24) is 5.32 Å². The first-order valence-electron chi connectivity index (χ1n) is 6.09. The highest BCUT2D eigenvalue weighted by Gasteiger charge is 1.99. The van der Waals surface area contributed by atoms with Crippen LogP contribution in [0.1, 0.15) is 18.9 Å². The molecule has 1 heteroatoms. The molecule has 1 N–H and O–H groups in total. The van der Waals surface area contributed by atoms with Crippen LogP contribution < -0.4 is 5.32 Å². The fourth-order valence-electron chi connectivity index (χ4n) is 2.04. The van der Waals surface area contributed by atoms with Gasteiger partial charge in [0, 0.05) is 0 Å². The van der Waals surface area contributed by atoms with E-state index in [1.54, 1.807) is 0 Å². The monoisotopic (exact) mass is 213 g/mol. The Kier molecular flexibility index (Phi) is 3.95. The van der Waals surface area contributed by atoms with Gasteiger partial charge >= 0.3 is 0 Å². The Hall–Kier alpha value is -1.34. The van der Waals surface area contributed by atoms with Crippen LogP contribution in [0, 0.1) is 0 Å². The van der Waals surface area contributed by atoms with Gasteiger partial charge < -0.3 is 5.32 Å². The molecule has 0 radical (unpaired) electrons. The summed E-state index contributed by atoms with van der Waals surface area (Å²) in [6, 6.07) is 15.2. The Morgan fingerprint density at radius 1 is 0.938 bits per heavy atom. The summed E-state index contributed by atoms with van der Waals surface area (Å²) in [5.41, 5.74) is 1.45. The molecule has 0 heterocycles. The first-order chi connectivity index (χ1) is 7.92. The largest absolute Gasteiger partial charge is 0.316 e. The van der Waals surface area contributed by atoms with Crippen LogP contribution in [0.3, 0.4) is 0 Å². The van der Waals surface area contributed by atoms with E-state index in [0.717, 1.165) is 19.5 Å². The lowest BCUT2D eigenvalue weighted by Crippen LogP contribution is -2.17. The average molecular weight is 213 g/mol. The Labute approximate surface area is 97.5 Å². The van der Waals surface area contributed by atoms with Gasteiger partial charge in [0.2, 0.25) is 0 Å². The van der Waals surface area contributed by atoms with Gasteiger partial charge in [-0.3, -0.25) is 0 Å². The Balaban J connectivity index is 2.11. The van der Waals surface area contributed by atoms with Crippen molar-refractivity contribution < 1.29 is 0 Å². The minimum atomic E-state index is 1.07. The van der Waals surface area contributed by atoms with Crippen LogP contribution in [0.5, 0.6) is 0 Å². The highest BCUT2D eigenvalue weighted by atomic mass is 14.8. The van der Waals surface area contributed by atoms with Gasteiger partial charge in [0.05, 0.1) is 0 Å². The van der Waals surface area contributed by atoms with E-state index >= 15 is 0 Å². The van der Waals surface area contributed by atoms with Crippen molar-refractivity contribution in [2.45, 2.75) is 19.8 Å². The molecule has 0 aliphatic heterocycles. The van der Waals surface area contributed by atoms with Gasteiger partial charge in [-0.15, -0.1) is 0 Å². The van der Waals surface area contributed by atoms with Gasteiger partial charge in [-0.2, -0.15) is 0 Å². The molecule has 2 aromatic rings. The number of hydrogen-bond acceptors (Lipinski definition) is 1. The van der Waals surface area contributed by atoms with E-state index in [9.17, 15) is 0 Å². The molecular formula is C15H19N. The average Bonchev–Trinajstić information content (AvgIpc) is 2.35. The van der Waals surface area contributed by atoms with Crippen LogP contribution in [0.25, 0.3) is 10.8 Å². The SMILES string of the molecule is CCCNCCc1cccc2ccccc12. The molecule has 0 atom stereocenters. The van der Waals surface area contributed by atoms with E-state index in [4.69, 9.17) is 0 Å². The second kappa shape index (κ2) is 5.66. The van der Waals surface area contributed by atoms with Crippen LogP contribution in [-0.4, -0.2) is 13.1 Å². The zero-order valence-electron chi connectivity index (χ0n) is 9.87. The third-order valence-corrected chi connectivity index (χ3v) is 2.88. The second-order valence-electron chi connectivity index (χ2n) is 4.14. The highest BCUT2D eigenvalue weighted by Crippen LogP contribution is 2.18. The standard InChI is InChI=1S/C15H19N/c1-2-11-16-12-10-14-8-5-7-13-6-3-4-9-15(13)14/h3-9,16H,2,10-12H2,1H3. The maximum Gasteiger partial charge on any atom is -0.000813 e. The topological polar surface area (TPSA) is 12.0 Å². The predicted octanol–water partition coefficient (Wildman–Crippen LogP) is 3.38. The van der Waals surface area contributed by atoms with E-state index in [0.29, 0.717) is 0 Å². The van der Waals surface area contributed by atoms with Crippen LogP contribution in [0.15, 0.2) is 42.5 Å². The number of fused-ring (bicyclic) bond motifs is 1. The van der Waals surface area contributed by atoms with Gasteiger partial charge in [0.1, 0.15) is 0 Å². The molecule has 0 saturated heterocycles. The summed E-state index contributed by atoms with van der Waals surface area (Å²) < 4.78 is 0. The zero-order chi connectivity index (χ0) is 11.2. The van der Waals surface area contributed by atoms with Gasteiger partial charge in [-0.1, -0.05) is 49.4 Å². The van der Waals surface area contributed by atoms with Crippen molar-refractivity contribution in [2.24, 2.45) is 0 Å². The summed E-state index contributed by atoms with van der Waals surface area (Å²) >= 11 is 0. The number of nitrogens with one attached hydrogen (secondary N) is 1. The molecule has 0 saturated carbocycles. The fourth-order valence-corrected chi connectivity index (χ4v) is 2.04. The first kappa shape index (κ1) is 11.2. The van der Waals surface area contributed by atoms with E-state index in [1.165, 1.54) is 22.8 Å². The molecule has 1 nitrogen and oxygen atoms in total.